The number of amidine groups is 1. The second-order valence-electron chi connectivity index (χ2n) is 8.27. The number of pyridine rings is 1. The third-order valence-corrected chi connectivity index (χ3v) is 7.18. The zero-order valence-corrected chi connectivity index (χ0v) is 20.3. The normalized spacial score (nSPS) is 20.9. The number of thioether (sulfide) groups is 1. The Hall–Kier alpha value is -3.80. The number of hydrogen-bond acceptors (Lipinski definition) is 9. The number of rotatable bonds is 5. The lowest BCUT2D eigenvalue weighted by atomic mass is 9.85. The van der Waals surface area contributed by atoms with Crippen molar-refractivity contribution in [3.63, 3.8) is 0 Å². The van der Waals surface area contributed by atoms with Gasteiger partial charge in [-0.3, -0.25) is 9.78 Å². The van der Waals surface area contributed by atoms with Crippen molar-refractivity contribution in [2.75, 3.05) is 38.0 Å². The molecular formula is C24H22F2N6O3S. The molecule has 1 fully saturated rings. The van der Waals surface area contributed by atoms with Crippen LogP contribution in [0.25, 0.3) is 0 Å². The molecule has 186 valence electrons. The minimum atomic E-state index is -0.920. The highest BCUT2D eigenvalue weighted by Crippen LogP contribution is 2.46. The number of carbonyl (C=O) groups is 1. The van der Waals surface area contributed by atoms with E-state index < -0.39 is 17.2 Å². The monoisotopic (exact) mass is 512 g/mol. The summed E-state index contributed by atoms with van der Waals surface area (Å²) in [5, 5.41) is 3.32. The Labute approximate surface area is 210 Å². The predicted octanol–water partition coefficient (Wildman–Crippen LogP) is 3.03. The Balaban J connectivity index is 1.53. The second-order valence-corrected chi connectivity index (χ2v) is 9.28. The molecule has 2 aliphatic heterocycles. The lowest BCUT2D eigenvalue weighted by Crippen LogP contribution is -2.43. The first-order valence-electron chi connectivity index (χ1n) is 11.0. The van der Waals surface area contributed by atoms with Crippen LogP contribution in [0.4, 0.5) is 14.7 Å². The first-order chi connectivity index (χ1) is 17.4. The number of anilines is 1. The molecule has 1 saturated heterocycles. The molecule has 2 aromatic heterocycles. The smallest absolute Gasteiger partial charge is 0.259 e. The van der Waals surface area contributed by atoms with Gasteiger partial charge in [-0.25, -0.2) is 9.38 Å². The molecule has 0 aliphatic carbocycles. The molecule has 9 nitrogen and oxygen atoms in total. The van der Waals surface area contributed by atoms with Crippen molar-refractivity contribution >= 4 is 28.8 Å². The number of carbonyl (C=O) groups excluding carboxylic acids is 1. The van der Waals surface area contributed by atoms with Crippen LogP contribution in [0.15, 0.2) is 53.7 Å². The van der Waals surface area contributed by atoms with Gasteiger partial charge in [0.2, 0.25) is 11.8 Å². The van der Waals surface area contributed by atoms with E-state index in [0.717, 1.165) is 6.20 Å². The quantitative estimate of drug-likeness (QED) is 0.557. The van der Waals surface area contributed by atoms with Gasteiger partial charge in [-0.05, 0) is 24.3 Å². The molecular weight excluding hydrogens is 490 g/mol. The number of halogens is 2. The Kier molecular flexibility index (Phi) is 6.44. The van der Waals surface area contributed by atoms with E-state index in [0.29, 0.717) is 28.7 Å². The van der Waals surface area contributed by atoms with Crippen LogP contribution >= 0.6 is 11.8 Å². The lowest BCUT2D eigenvalue weighted by molar-refractivity contribution is 0.0977. The number of aromatic nitrogens is 3. The van der Waals surface area contributed by atoms with Crippen LogP contribution in [-0.2, 0) is 5.54 Å². The highest BCUT2D eigenvalue weighted by Gasteiger charge is 2.52. The fraction of sp³-hybridized carbons (Fsp3) is 0.292. The molecule has 1 N–H and O–H groups in total. The standard InChI is InChI=1S/C24H22F2N6O3S/c1-34-20-18(26)21(35-2)30-22(29-20)32-11-15-12-36-23(28-19(33)14-6-4-3-5-7-14)31-24(15,13-32)17-9-8-16(25)10-27-17/h3-10,15H,11-13H2,1-2H3,(H,28,31,33)/t15-,24?/m0/s1. The number of benzene rings is 1. The van der Waals surface area contributed by atoms with Crippen molar-refractivity contribution in [2.24, 2.45) is 10.9 Å². The molecule has 4 heterocycles. The Morgan fingerprint density at radius 3 is 2.47 bits per heavy atom. The first kappa shape index (κ1) is 23.9. The van der Waals surface area contributed by atoms with E-state index >= 15 is 0 Å². The summed E-state index contributed by atoms with van der Waals surface area (Å²) in [4.78, 5) is 32.3. The van der Waals surface area contributed by atoms with E-state index in [2.05, 4.69) is 20.3 Å². The van der Waals surface area contributed by atoms with Gasteiger partial charge in [0.25, 0.3) is 17.7 Å². The predicted molar refractivity (Wildman–Crippen MR) is 130 cm³/mol. The van der Waals surface area contributed by atoms with E-state index in [9.17, 15) is 13.6 Å². The zero-order valence-electron chi connectivity index (χ0n) is 19.4. The van der Waals surface area contributed by atoms with Gasteiger partial charge in [0, 0.05) is 23.8 Å². The maximum absolute atomic E-state index is 14.4. The SMILES string of the molecule is COc1nc(N2C[C@H]3CSC(NC(=O)c4ccccc4)=NC3(c3ccc(F)cn3)C2)nc(OC)c1F. The summed E-state index contributed by atoms with van der Waals surface area (Å²) in [5.74, 6) is -1.31. The molecule has 12 heteroatoms. The molecule has 1 amide bonds. The maximum atomic E-state index is 14.4. The molecule has 5 rings (SSSR count). The number of nitrogens with zero attached hydrogens (tertiary/aromatic N) is 5. The highest BCUT2D eigenvalue weighted by molar-refractivity contribution is 8.13. The number of ether oxygens (including phenoxy) is 2. The van der Waals surface area contributed by atoms with Gasteiger partial charge in [-0.15, -0.1) is 0 Å². The third-order valence-electron chi connectivity index (χ3n) is 6.15. The van der Waals surface area contributed by atoms with Crippen molar-refractivity contribution in [3.05, 3.63) is 71.6 Å². The fourth-order valence-electron chi connectivity index (χ4n) is 4.37. The van der Waals surface area contributed by atoms with Crippen LogP contribution in [0, 0.1) is 17.6 Å². The summed E-state index contributed by atoms with van der Waals surface area (Å²) in [6, 6.07) is 11.7. The van der Waals surface area contributed by atoms with E-state index in [1.165, 1.54) is 32.0 Å². The maximum Gasteiger partial charge on any atom is 0.259 e. The Bertz CT molecular complexity index is 1290. The van der Waals surface area contributed by atoms with Crippen molar-refractivity contribution in [1.82, 2.24) is 20.3 Å². The minimum Gasteiger partial charge on any atom is -0.479 e. The third kappa shape index (κ3) is 4.32. The summed E-state index contributed by atoms with van der Waals surface area (Å²) in [6.07, 6.45) is 1.14. The molecule has 2 aliphatic rings. The Morgan fingerprint density at radius 2 is 1.83 bits per heavy atom. The van der Waals surface area contributed by atoms with Gasteiger partial charge < -0.3 is 19.7 Å². The summed E-state index contributed by atoms with van der Waals surface area (Å²) < 4.78 is 38.3. The van der Waals surface area contributed by atoms with Gasteiger partial charge in [0.1, 0.15) is 11.4 Å². The molecule has 3 aromatic rings. The first-order valence-corrected chi connectivity index (χ1v) is 12.0. The molecule has 0 saturated carbocycles. The van der Waals surface area contributed by atoms with E-state index in [4.69, 9.17) is 14.5 Å². The molecule has 1 aromatic carbocycles. The average molecular weight is 513 g/mol. The van der Waals surface area contributed by atoms with Crippen LogP contribution in [-0.4, -0.2) is 59.1 Å². The number of hydrogen-bond donors (Lipinski definition) is 1. The summed E-state index contributed by atoms with van der Waals surface area (Å²) >= 11 is 1.41. The van der Waals surface area contributed by atoms with Crippen molar-refractivity contribution in [3.8, 4) is 11.8 Å². The van der Waals surface area contributed by atoms with Gasteiger partial charge in [0.15, 0.2) is 5.17 Å². The molecule has 36 heavy (non-hydrogen) atoms. The summed E-state index contributed by atoms with van der Waals surface area (Å²) in [5.41, 5.74) is 0.129. The highest BCUT2D eigenvalue weighted by atomic mass is 32.2. The van der Waals surface area contributed by atoms with Gasteiger partial charge in [-0.2, -0.15) is 14.4 Å². The van der Waals surface area contributed by atoms with Crippen LogP contribution in [0.5, 0.6) is 11.8 Å². The lowest BCUT2D eigenvalue weighted by Gasteiger charge is -2.34. The van der Waals surface area contributed by atoms with Crippen molar-refractivity contribution < 1.29 is 23.0 Å². The van der Waals surface area contributed by atoms with Crippen LogP contribution in [0.2, 0.25) is 0 Å². The molecule has 0 bridgehead atoms. The number of fused-ring (bicyclic) bond motifs is 1. The van der Waals surface area contributed by atoms with E-state index in [1.807, 2.05) is 11.0 Å². The fourth-order valence-corrected chi connectivity index (χ4v) is 5.51. The van der Waals surface area contributed by atoms with Gasteiger partial charge in [0.05, 0.1) is 32.7 Å². The summed E-state index contributed by atoms with van der Waals surface area (Å²) in [6.45, 7) is 0.729. The summed E-state index contributed by atoms with van der Waals surface area (Å²) in [7, 11) is 2.62. The van der Waals surface area contributed by atoms with Crippen molar-refractivity contribution in [1.29, 1.82) is 0 Å². The number of methoxy groups -OCH3 is 2. The van der Waals surface area contributed by atoms with Crippen LogP contribution in [0.1, 0.15) is 16.1 Å². The zero-order chi connectivity index (χ0) is 25.3. The number of nitrogens with one attached hydrogen (secondary N) is 1. The van der Waals surface area contributed by atoms with Crippen LogP contribution < -0.4 is 19.7 Å². The largest absolute Gasteiger partial charge is 0.479 e. The molecule has 1 unspecified atom stereocenters. The van der Waals surface area contributed by atoms with E-state index in [1.54, 1.807) is 30.3 Å². The second kappa shape index (κ2) is 9.69. The minimum absolute atomic E-state index is 0.0801. The average Bonchev–Trinajstić information content (AvgIpc) is 3.30. The number of aliphatic imine (C=N–C) groups is 1. The van der Waals surface area contributed by atoms with Crippen molar-refractivity contribution in [2.45, 2.75) is 5.54 Å². The van der Waals surface area contributed by atoms with Crippen LogP contribution in [0.3, 0.4) is 0 Å². The Morgan fingerprint density at radius 1 is 1.11 bits per heavy atom. The topological polar surface area (TPSA) is 102 Å². The molecule has 0 radical (unpaired) electrons. The van der Waals surface area contributed by atoms with Gasteiger partial charge in [-0.1, -0.05) is 30.0 Å². The van der Waals surface area contributed by atoms with Gasteiger partial charge >= 0.3 is 0 Å². The molecule has 0 spiro atoms. The molecule has 2 atom stereocenters. The number of amides is 1. The van der Waals surface area contributed by atoms with E-state index in [-0.39, 0.29) is 36.1 Å².